The molecule has 0 aliphatic carbocycles. The molecule has 2 aromatic rings. The summed E-state index contributed by atoms with van der Waals surface area (Å²) in [5.41, 5.74) is 0.925. The van der Waals surface area contributed by atoms with Crippen molar-refractivity contribution >= 4 is 40.5 Å². The third-order valence-corrected chi connectivity index (χ3v) is 3.15. The van der Waals surface area contributed by atoms with Gasteiger partial charge in [0.1, 0.15) is 5.69 Å². The highest BCUT2D eigenvalue weighted by atomic mass is 35.5. The van der Waals surface area contributed by atoms with E-state index in [0.29, 0.717) is 21.3 Å². The van der Waals surface area contributed by atoms with Crippen LogP contribution in [-0.2, 0) is 0 Å². The van der Waals surface area contributed by atoms with Crippen LogP contribution in [0.2, 0.25) is 10.0 Å². The standard InChI is InChI=1S/C10H5Cl2NOS/c11-7-2-1-6(5-8(7)12)10(14)9-3-4-15-13-9/h1-5H. The van der Waals surface area contributed by atoms with Gasteiger partial charge in [0, 0.05) is 10.9 Å². The van der Waals surface area contributed by atoms with Gasteiger partial charge in [-0.15, -0.1) is 0 Å². The lowest BCUT2D eigenvalue weighted by Crippen LogP contribution is -2.00. The largest absolute Gasteiger partial charge is 0.287 e. The molecule has 0 unspecified atom stereocenters. The van der Waals surface area contributed by atoms with Gasteiger partial charge in [-0.25, -0.2) is 0 Å². The van der Waals surface area contributed by atoms with Gasteiger partial charge < -0.3 is 0 Å². The summed E-state index contributed by atoms with van der Waals surface area (Å²) in [4.78, 5) is 11.8. The van der Waals surface area contributed by atoms with Gasteiger partial charge in [0.2, 0.25) is 5.78 Å². The molecule has 0 aliphatic heterocycles. The van der Waals surface area contributed by atoms with E-state index in [4.69, 9.17) is 23.2 Å². The third kappa shape index (κ3) is 2.20. The number of hydrogen-bond acceptors (Lipinski definition) is 3. The van der Waals surface area contributed by atoms with Crippen molar-refractivity contribution in [1.82, 2.24) is 4.37 Å². The molecule has 0 saturated heterocycles. The molecule has 1 heterocycles. The van der Waals surface area contributed by atoms with Crippen molar-refractivity contribution in [1.29, 1.82) is 0 Å². The second-order valence-electron chi connectivity index (χ2n) is 2.84. The Balaban J connectivity index is 2.39. The van der Waals surface area contributed by atoms with E-state index in [9.17, 15) is 4.79 Å². The van der Waals surface area contributed by atoms with Crippen LogP contribution < -0.4 is 0 Å². The van der Waals surface area contributed by atoms with Crippen LogP contribution in [0.25, 0.3) is 0 Å². The molecule has 0 bridgehead atoms. The molecule has 0 fully saturated rings. The Labute approximate surface area is 101 Å². The van der Waals surface area contributed by atoms with Crippen molar-refractivity contribution in [3.8, 4) is 0 Å². The zero-order valence-corrected chi connectivity index (χ0v) is 9.73. The average molecular weight is 258 g/mol. The van der Waals surface area contributed by atoms with Crippen LogP contribution in [0.5, 0.6) is 0 Å². The highest BCUT2D eigenvalue weighted by Crippen LogP contribution is 2.23. The highest BCUT2D eigenvalue weighted by molar-refractivity contribution is 7.03. The second kappa shape index (κ2) is 4.31. The lowest BCUT2D eigenvalue weighted by atomic mass is 10.1. The van der Waals surface area contributed by atoms with Gasteiger partial charge in [-0.2, -0.15) is 4.37 Å². The van der Waals surface area contributed by atoms with Gasteiger partial charge in [0.25, 0.3) is 0 Å². The quantitative estimate of drug-likeness (QED) is 0.769. The summed E-state index contributed by atoms with van der Waals surface area (Å²) in [6, 6.07) is 6.46. The number of benzene rings is 1. The molecule has 0 N–H and O–H groups in total. The number of ketones is 1. The first kappa shape index (κ1) is 10.6. The van der Waals surface area contributed by atoms with Crippen molar-refractivity contribution in [2.24, 2.45) is 0 Å². The van der Waals surface area contributed by atoms with Crippen LogP contribution in [0.4, 0.5) is 0 Å². The predicted octanol–water partition coefficient (Wildman–Crippen LogP) is 3.68. The van der Waals surface area contributed by atoms with E-state index in [1.54, 1.807) is 29.6 Å². The maximum Gasteiger partial charge on any atom is 0.212 e. The molecular formula is C10H5Cl2NOS. The molecule has 0 saturated carbocycles. The van der Waals surface area contributed by atoms with Crippen molar-refractivity contribution in [3.63, 3.8) is 0 Å². The first-order valence-electron chi connectivity index (χ1n) is 4.08. The van der Waals surface area contributed by atoms with Gasteiger partial charge in [-0.3, -0.25) is 4.79 Å². The van der Waals surface area contributed by atoms with Gasteiger partial charge >= 0.3 is 0 Å². The summed E-state index contributed by atoms with van der Waals surface area (Å²) >= 11 is 12.8. The minimum Gasteiger partial charge on any atom is -0.287 e. The van der Waals surface area contributed by atoms with Crippen LogP contribution in [0.1, 0.15) is 16.1 Å². The number of halogens is 2. The van der Waals surface area contributed by atoms with Gasteiger partial charge in [-0.05, 0) is 35.8 Å². The van der Waals surface area contributed by atoms with Gasteiger partial charge in [-0.1, -0.05) is 23.2 Å². The van der Waals surface area contributed by atoms with Crippen molar-refractivity contribution in [3.05, 3.63) is 50.9 Å². The summed E-state index contributed by atoms with van der Waals surface area (Å²) in [5.74, 6) is -0.144. The maximum absolute atomic E-state index is 11.8. The summed E-state index contributed by atoms with van der Waals surface area (Å²) in [7, 11) is 0. The van der Waals surface area contributed by atoms with E-state index in [0.717, 1.165) is 0 Å². The molecule has 1 aromatic heterocycles. The molecule has 76 valence electrons. The first-order chi connectivity index (χ1) is 7.18. The summed E-state index contributed by atoms with van der Waals surface area (Å²) in [5, 5.41) is 2.56. The Morgan fingerprint density at radius 1 is 1.20 bits per heavy atom. The molecule has 15 heavy (non-hydrogen) atoms. The fourth-order valence-corrected chi connectivity index (χ4v) is 1.92. The minimum atomic E-state index is -0.144. The predicted molar refractivity (Wildman–Crippen MR) is 62.0 cm³/mol. The van der Waals surface area contributed by atoms with Crippen LogP contribution >= 0.6 is 34.7 Å². The Bertz CT molecular complexity index is 496. The summed E-state index contributed by atoms with van der Waals surface area (Å²) in [6.45, 7) is 0. The van der Waals surface area contributed by atoms with E-state index in [1.165, 1.54) is 11.5 Å². The fourth-order valence-electron chi connectivity index (χ4n) is 1.11. The molecule has 0 amide bonds. The maximum atomic E-state index is 11.8. The molecule has 2 rings (SSSR count). The first-order valence-corrected chi connectivity index (χ1v) is 5.68. The third-order valence-electron chi connectivity index (χ3n) is 1.85. The number of carbonyl (C=O) groups is 1. The lowest BCUT2D eigenvalue weighted by molar-refractivity contribution is 0.103. The van der Waals surface area contributed by atoms with Crippen molar-refractivity contribution in [2.45, 2.75) is 0 Å². The summed E-state index contributed by atoms with van der Waals surface area (Å²) in [6.07, 6.45) is 0. The van der Waals surface area contributed by atoms with E-state index < -0.39 is 0 Å². The molecule has 0 aliphatic rings. The van der Waals surface area contributed by atoms with Crippen LogP contribution in [0, 0.1) is 0 Å². The monoisotopic (exact) mass is 257 g/mol. The van der Waals surface area contributed by atoms with Crippen LogP contribution in [-0.4, -0.2) is 10.2 Å². The fraction of sp³-hybridized carbons (Fsp3) is 0. The van der Waals surface area contributed by atoms with Gasteiger partial charge in [0.05, 0.1) is 10.0 Å². The number of aromatic nitrogens is 1. The topological polar surface area (TPSA) is 30.0 Å². The molecule has 2 nitrogen and oxygen atoms in total. The van der Waals surface area contributed by atoms with E-state index in [-0.39, 0.29) is 5.78 Å². The Hall–Kier alpha value is -0.900. The zero-order valence-electron chi connectivity index (χ0n) is 7.41. The average Bonchev–Trinajstić information content (AvgIpc) is 2.74. The van der Waals surface area contributed by atoms with E-state index in [2.05, 4.69) is 4.37 Å². The molecule has 5 heteroatoms. The number of carbonyl (C=O) groups excluding carboxylic acids is 1. The van der Waals surface area contributed by atoms with Crippen molar-refractivity contribution in [2.75, 3.05) is 0 Å². The second-order valence-corrected chi connectivity index (χ2v) is 4.32. The van der Waals surface area contributed by atoms with E-state index >= 15 is 0 Å². The lowest BCUT2D eigenvalue weighted by Gasteiger charge is -1.99. The summed E-state index contributed by atoms with van der Waals surface area (Å²) < 4.78 is 3.96. The SMILES string of the molecule is O=C(c1ccc(Cl)c(Cl)c1)c1ccsn1. The van der Waals surface area contributed by atoms with Gasteiger partial charge in [0.15, 0.2) is 0 Å². The highest BCUT2D eigenvalue weighted by Gasteiger charge is 2.12. The number of hydrogen-bond donors (Lipinski definition) is 0. The van der Waals surface area contributed by atoms with Crippen LogP contribution in [0.15, 0.2) is 29.6 Å². The molecule has 1 aromatic carbocycles. The van der Waals surface area contributed by atoms with Crippen molar-refractivity contribution < 1.29 is 4.79 Å². The minimum absolute atomic E-state index is 0.144. The molecule has 0 atom stereocenters. The number of rotatable bonds is 2. The van der Waals surface area contributed by atoms with E-state index in [1.807, 2.05) is 0 Å². The zero-order chi connectivity index (χ0) is 10.8. The molecule has 0 spiro atoms. The normalized spacial score (nSPS) is 10.3. The number of nitrogens with zero attached hydrogens (tertiary/aromatic N) is 1. The smallest absolute Gasteiger partial charge is 0.212 e. The Morgan fingerprint density at radius 2 is 2.00 bits per heavy atom. The van der Waals surface area contributed by atoms with Crippen LogP contribution in [0.3, 0.4) is 0 Å². The Morgan fingerprint density at radius 3 is 2.60 bits per heavy atom. The Kier molecular flexibility index (Phi) is 3.05. The molecule has 0 radical (unpaired) electrons. The molecular weight excluding hydrogens is 253 g/mol.